The number of nitrogens with zero attached hydrogens (tertiary/aromatic N) is 2. The quantitative estimate of drug-likeness (QED) is 0.734. The summed E-state index contributed by atoms with van der Waals surface area (Å²) in [4.78, 5) is 28.8. The van der Waals surface area contributed by atoms with Gasteiger partial charge in [0.05, 0.1) is 11.6 Å². The van der Waals surface area contributed by atoms with Crippen LogP contribution < -0.4 is 10.6 Å². The third kappa shape index (κ3) is 4.77. The van der Waals surface area contributed by atoms with Crippen molar-refractivity contribution in [1.29, 1.82) is 5.26 Å². The fourth-order valence-corrected chi connectivity index (χ4v) is 2.46. The summed E-state index contributed by atoms with van der Waals surface area (Å²) >= 11 is 0. The summed E-state index contributed by atoms with van der Waals surface area (Å²) in [5, 5.41) is 14.5. The van der Waals surface area contributed by atoms with Crippen LogP contribution >= 0.6 is 0 Å². The molecule has 0 spiro atoms. The Balaban J connectivity index is 1.68. The molecule has 0 saturated carbocycles. The average Bonchev–Trinajstić information content (AvgIpc) is 2.73. The van der Waals surface area contributed by atoms with Crippen molar-refractivity contribution < 1.29 is 9.59 Å². The highest BCUT2D eigenvalue weighted by Crippen LogP contribution is 2.13. The molecule has 0 aliphatic heterocycles. The van der Waals surface area contributed by atoms with Crippen molar-refractivity contribution >= 4 is 17.5 Å². The Morgan fingerprint density at radius 1 is 0.963 bits per heavy atom. The molecule has 0 aliphatic rings. The van der Waals surface area contributed by atoms with E-state index in [9.17, 15) is 9.59 Å². The number of nitrogens with one attached hydrogen (secondary N) is 2. The van der Waals surface area contributed by atoms with E-state index in [1.807, 2.05) is 12.1 Å². The SMILES string of the molecule is N#Cc1cccc(NC(=O)c2cccc(C(=O)NCc3cccnc3)c2)c1. The molecule has 0 bridgehead atoms. The third-order valence-corrected chi connectivity index (χ3v) is 3.81. The first-order valence-corrected chi connectivity index (χ1v) is 8.24. The highest BCUT2D eigenvalue weighted by Gasteiger charge is 2.11. The molecule has 0 unspecified atom stereocenters. The minimum Gasteiger partial charge on any atom is -0.348 e. The predicted octanol–water partition coefficient (Wildman–Crippen LogP) is 3.14. The maximum Gasteiger partial charge on any atom is 0.255 e. The fraction of sp³-hybridized carbons (Fsp3) is 0.0476. The van der Waals surface area contributed by atoms with Crippen molar-refractivity contribution in [2.24, 2.45) is 0 Å². The molecule has 0 atom stereocenters. The minimum absolute atomic E-state index is 0.278. The number of nitriles is 1. The number of benzene rings is 2. The molecule has 0 saturated heterocycles. The van der Waals surface area contributed by atoms with Gasteiger partial charge in [0.2, 0.25) is 0 Å². The van der Waals surface area contributed by atoms with E-state index in [0.717, 1.165) is 5.56 Å². The van der Waals surface area contributed by atoms with Gasteiger partial charge in [0.15, 0.2) is 0 Å². The second-order valence-electron chi connectivity index (χ2n) is 5.77. The molecule has 3 rings (SSSR count). The van der Waals surface area contributed by atoms with Crippen molar-refractivity contribution in [2.75, 3.05) is 5.32 Å². The largest absolute Gasteiger partial charge is 0.348 e. The number of pyridine rings is 1. The number of hydrogen-bond acceptors (Lipinski definition) is 4. The van der Waals surface area contributed by atoms with Crippen LogP contribution in [0.2, 0.25) is 0 Å². The highest BCUT2D eigenvalue weighted by atomic mass is 16.2. The van der Waals surface area contributed by atoms with E-state index in [1.54, 1.807) is 60.9 Å². The number of rotatable bonds is 5. The van der Waals surface area contributed by atoms with E-state index in [0.29, 0.717) is 28.9 Å². The molecule has 3 aromatic rings. The molecule has 6 nitrogen and oxygen atoms in total. The Labute approximate surface area is 156 Å². The Hall–Kier alpha value is -3.98. The van der Waals surface area contributed by atoms with E-state index >= 15 is 0 Å². The van der Waals surface area contributed by atoms with Crippen LogP contribution in [0.4, 0.5) is 5.69 Å². The normalized spacial score (nSPS) is 9.89. The topological polar surface area (TPSA) is 94.9 Å². The zero-order valence-corrected chi connectivity index (χ0v) is 14.3. The Kier molecular flexibility index (Phi) is 5.55. The Morgan fingerprint density at radius 2 is 1.74 bits per heavy atom. The number of amides is 2. The van der Waals surface area contributed by atoms with E-state index in [2.05, 4.69) is 15.6 Å². The summed E-state index contributed by atoms with van der Waals surface area (Å²) in [6.07, 6.45) is 3.35. The summed E-state index contributed by atoms with van der Waals surface area (Å²) in [7, 11) is 0. The molecule has 0 radical (unpaired) electrons. The number of aromatic nitrogens is 1. The predicted molar refractivity (Wildman–Crippen MR) is 101 cm³/mol. The van der Waals surface area contributed by atoms with Crippen molar-refractivity contribution in [3.63, 3.8) is 0 Å². The van der Waals surface area contributed by atoms with Crippen molar-refractivity contribution in [1.82, 2.24) is 10.3 Å². The first-order chi connectivity index (χ1) is 13.2. The maximum atomic E-state index is 12.4. The van der Waals surface area contributed by atoms with E-state index < -0.39 is 0 Å². The standard InChI is InChI=1S/C21H16N4O2/c22-12-15-4-1-8-19(10-15)25-21(27)18-7-2-6-17(11-18)20(26)24-14-16-5-3-9-23-13-16/h1-11,13H,14H2,(H,24,26)(H,25,27). The van der Waals surface area contributed by atoms with Crippen molar-refractivity contribution in [3.05, 3.63) is 95.3 Å². The van der Waals surface area contributed by atoms with Crippen LogP contribution in [0, 0.1) is 11.3 Å². The second kappa shape index (κ2) is 8.41. The van der Waals surface area contributed by atoms with Crippen LogP contribution in [0.1, 0.15) is 31.8 Å². The molecule has 27 heavy (non-hydrogen) atoms. The number of carbonyl (C=O) groups is 2. The molecule has 2 aromatic carbocycles. The van der Waals surface area contributed by atoms with Gasteiger partial charge in [0.1, 0.15) is 0 Å². The summed E-state index contributed by atoms with van der Waals surface area (Å²) in [6, 6.07) is 18.8. The zero-order valence-electron chi connectivity index (χ0n) is 14.3. The lowest BCUT2D eigenvalue weighted by Crippen LogP contribution is -2.23. The summed E-state index contributed by atoms with van der Waals surface area (Å²) in [5.41, 5.74) is 2.60. The van der Waals surface area contributed by atoms with E-state index in [-0.39, 0.29) is 11.8 Å². The van der Waals surface area contributed by atoms with Crippen molar-refractivity contribution in [2.45, 2.75) is 6.54 Å². The van der Waals surface area contributed by atoms with Gasteiger partial charge in [-0.25, -0.2) is 0 Å². The minimum atomic E-state index is -0.355. The van der Waals surface area contributed by atoms with Crippen LogP contribution in [0.5, 0.6) is 0 Å². The second-order valence-corrected chi connectivity index (χ2v) is 5.77. The molecular weight excluding hydrogens is 340 g/mol. The van der Waals surface area contributed by atoms with E-state index in [4.69, 9.17) is 5.26 Å². The Bertz CT molecular complexity index is 1010. The van der Waals surface area contributed by atoms with Gasteiger partial charge in [-0.1, -0.05) is 18.2 Å². The smallest absolute Gasteiger partial charge is 0.255 e. The Morgan fingerprint density at radius 3 is 2.48 bits per heavy atom. The van der Waals surface area contributed by atoms with Gasteiger partial charge in [-0.3, -0.25) is 14.6 Å². The molecule has 1 aromatic heterocycles. The van der Waals surface area contributed by atoms with Crippen LogP contribution in [-0.2, 0) is 6.54 Å². The molecule has 132 valence electrons. The lowest BCUT2D eigenvalue weighted by Gasteiger charge is -2.08. The molecule has 2 N–H and O–H groups in total. The molecule has 0 aliphatic carbocycles. The molecule has 1 heterocycles. The number of hydrogen-bond donors (Lipinski definition) is 2. The maximum absolute atomic E-state index is 12.4. The van der Waals surface area contributed by atoms with Gasteiger partial charge in [-0.2, -0.15) is 5.26 Å². The number of anilines is 1. The molecule has 6 heteroatoms. The monoisotopic (exact) mass is 356 g/mol. The third-order valence-electron chi connectivity index (χ3n) is 3.81. The first-order valence-electron chi connectivity index (χ1n) is 8.24. The van der Waals surface area contributed by atoms with Gasteiger partial charge < -0.3 is 10.6 Å². The first kappa shape index (κ1) is 17.8. The van der Waals surface area contributed by atoms with Gasteiger partial charge in [0.25, 0.3) is 11.8 Å². The van der Waals surface area contributed by atoms with Crippen LogP contribution in [0.25, 0.3) is 0 Å². The lowest BCUT2D eigenvalue weighted by atomic mass is 10.1. The van der Waals surface area contributed by atoms with Gasteiger partial charge in [-0.05, 0) is 48.0 Å². The summed E-state index contributed by atoms with van der Waals surface area (Å²) in [5.74, 6) is -0.632. The van der Waals surface area contributed by atoms with Crippen LogP contribution in [0.3, 0.4) is 0 Å². The molecule has 2 amide bonds. The van der Waals surface area contributed by atoms with Crippen LogP contribution in [0.15, 0.2) is 73.1 Å². The van der Waals surface area contributed by atoms with Gasteiger partial charge in [-0.15, -0.1) is 0 Å². The van der Waals surface area contributed by atoms with Crippen molar-refractivity contribution in [3.8, 4) is 6.07 Å². The molecule has 0 fully saturated rings. The van der Waals surface area contributed by atoms with E-state index in [1.165, 1.54) is 6.07 Å². The highest BCUT2D eigenvalue weighted by molar-refractivity contribution is 6.06. The average molecular weight is 356 g/mol. The van der Waals surface area contributed by atoms with Crippen LogP contribution in [-0.4, -0.2) is 16.8 Å². The fourth-order valence-electron chi connectivity index (χ4n) is 2.46. The van der Waals surface area contributed by atoms with Gasteiger partial charge in [0, 0.05) is 35.8 Å². The van der Waals surface area contributed by atoms with Gasteiger partial charge >= 0.3 is 0 Å². The lowest BCUT2D eigenvalue weighted by molar-refractivity contribution is 0.0951. The summed E-state index contributed by atoms with van der Waals surface area (Å²) < 4.78 is 0. The number of carbonyl (C=O) groups excluding carboxylic acids is 2. The molecular formula is C21H16N4O2. The zero-order chi connectivity index (χ0) is 19.1. The summed E-state index contributed by atoms with van der Waals surface area (Å²) in [6.45, 7) is 0.351.